The summed E-state index contributed by atoms with van der Waals surface area (Å²) < 4.78 is 27.6. The van der Waals surface area contributed by atoms with Gasteiger partial charge in [-0.25, -0.2) is 8.42 Å². The molecule has 0 aromatic heterocycles. The molecule has 2 N–H and O–H groups in total. The summed E-state index contributed by atoms with van der Waals surface area (Å²) in [5, 5.41) is 5.24. The molecule has 2 aromatic carbocycles. The quantitative estimate of drug-likeness (QED) is 0.671. The molecule has 8 heteroatoms. The van der Waals surface area contributed by atoms with E-state index < -0.39 is 21.8 Å². The lowest BCUT2D eigenvalue weighted by Gasteiger charge is -2.34. The standard InChI is InChI=1S/C23H29N3O4S/c1-17-11-12-21(18(2)16-17)25-23(28)22(27)24-14-13-19-8-6-7-15-26(19)31(29,30)20-9-4-3-5-10-20/h3-5,9-12,16,19H,6-8,13-15H2,1-2H3,(H,24,27)(H,25,28)/t19-/m0/s1. The molecule has 2 aromatic rings. The molecule has 166 valence electrons. The molecule has 7 nitrogen and oxygen atoms in total. The molecule has 0 spiro atoms. The zero-order valence-corrected chi connectivity index (χ0v) is 18.7. The highest BCUT2D eigenvalue weighted by molar-refractivity contribution is 7.89. The van der Waals surface area contributed by atoms with Gasteiger partial charge in [0.15, 0.2) is 0 Å². The number of carbonyl (C=O) groups excluding carboxylic acids is 2. The summed E-state index contributed by atoms with van der Waals surface area (Å²) in [5.41, 5.74) is 2.55. The minimum Gasteiger partial charge on any atom is -0.348 e. The van der Waals surface area contributed by atoms with Crippen molar-refractivity contribution in [3.8, 4) is 0 Å². The highest BCUT2D eigenvalue weighted by Gasteiger charge is 2.33. The second kappa shape index (κ2) is 10.1. The largest absolute Gasteiger partial charge is 0.348 e. The normalized spacial score (nSPS) is 17.2. The maximum absolute atomic E-state index is 13.0. The molecule has 1 saturated heterocycles. The third kappa shape index (κ3) is 5.71. The van der Waals surface area contributed by atoms with Gasteiger partial charge in [-0.2, -0.15) is 4.31 Å². The molecule has 0 saturated carbocycles. The van der Waals surface area contributed by atoms with E-state index in [1.807, 2.05) is 26.0 Å². The summed E-state index contributed by atoms with van der Waals surface area (Å²) >= 11 is 0. The molecule has 0 radical (unpaired) electrons. The second-order valence-electron chi connectivity index (χ2n) is 7.90. The van der Waals surface area contributed by atoms with Crippen molar-refractivity contribution in [2.75, 3.05) is 18.4 Å². The Labute approximate surface area is 183 Å². The predicted molar refractivity (Wildman–Crippen MR) is 120 cm³/mol. The second-order valence-corrected chi connectivity index (χ2v) is 9.79. The number of sulfonamides is 1. The number of amides is 2. The topological polar surface area (TPSA) is 95.6 Å². The van der Waals surface area contributed by atoms with Gasteiger partial charge in [-0.1, -0.05) is 42.3 Å². The fourth-order valence-electron chi connectivity index (χ4n) is 3.87. The molecule has 31 heavy (non-hydrogen) atoms. The van der Waals surface area contributed by atoms with Gasteiger partial charge in [0.1, 0.15) is 0 Å². The Bertz CT molecular complexity index is 1040. The van der Waals surface area contributed by atoms with Gasteiger partial charge in [0, 0.05) is 24.8 Å². The number of nitrogens with one attached hydrogen (secondary N) is 2. The van der Waals surface area contributed by atoms with Crippen molar-refractivity contribution >= 4 is 27.5 Å². The Morgan fingerprint density at radius 1 is 1.03 bits per heavy atom. The van der Waals surface area contributed by atoms with Crippen molar-refractivity contribution in [1.29, 1.82) is 0 Å². The van der Waals surface area contributed by atoms with Crippen molar-refractivity contribution in [2.24, 2.45) is 0 Å². The number of nitrogens with zero attached hydrogens (tertiary/aromatic N) is 1. The Balaban J connectivity index is 1.56. The van der Waals surface area contributed by atoms with Crippen LogP contribution in [0.3, 0.4) is 0 Å². The number of anilines is 1. The SMILES string of the molecule is Cc1ccc(NC(=O)C(=O)NCC[C@@H]2CCCCN2S(=O)(=O)c2ccccc2)c(C)c1. The number of hydrogen-bond donors (Lipinski definition) is 2. The van der Waals surface area contributed by atoms with Gasteiger partial charge in [0.2, 0.25) is 10.0 Å². The van der Waals surface area contributed by atoms with Crippen LogP contribution in [-0.4, -0.2) is 43.7 Å². The van der Waals surface area contributed by atoms with Crippen LogP contribution in [0.15, 0.2) is 53.4 Å². The van der Waals surface area contributed by atoms with Crippen LogP contribution < -0.4 is 10.6 Å². The number of hydrogen-bond acceptors (Lipinski definition) is 4. The molecular formula is C23H29N3O4S. The Hall–Kier alpha value is -2.71. The average molecular weight is 444 g/mol. The van der Waals surface area contributed by atoms with E-state index in [1.54, 1.807) is 36.4 Å². The Morgan fingerprint density at radius 2 is 1.77 bits per heavy atom. The maximum Gasteiger partial charge on any atom is 0.313 e. The van der Waals surface area contributed by atoms with Gasteiger partial charge in [-0.05, 0) is 56.9 Å². The van der Waals surface area contributed by atoms with Crippen LogP contribution in [0.5, 0.6) is 0 Å². The first-order chi connectivity index (χ1) is 14.8. The van der Waals surface area contributed by atoms with Gasteiger partial charge >= 0.3 is 11.8 Å². The molecule has 0 unspecified atom stereocenters. The number of piperidine rings is 1. The monoisotopic (exact) mass is 443 g/mol. The number of rotatable bonds is 6. The van der Waals surface area contributed by atoms with E-state index in [1.165, 1.54) is 4.31 Å². The number of carbonyl (C=O) groups is 2. The van der Waals surface area contributed by atoms with Crippen molar-refractivity contribution in [1.82, 2.24) is 9.62 Å². The third-order valence-corrected chi connectivity index (χ3v) is 7.49. The van der Waals surface area contributed by atoms with E-state index >= 15 is 0 Å². The highest BCUT2D eigenvalue weighted by Crippen LogP contribution is 2.26. The molecule has 0 aliphatic carbocycles. The number of benzene rings is 2. The first kappa shape index (κ1) is 23.0. The molecule has 1 aliphatic rings. The minimum atomic E-state index is -3.59. The fourth-order valence-corrected chi connectivity index (χ4v) is 5.62. The zero-order valence-electron chi connectivity index (χ0n) is 17.9. The van der Waals surface area contributed by atoms with E-state index in [0.717, 1.165) is 30.4 Å². The Morgan fingerprint density at radius 3 is 2.48 bits per heavy atom. The molecular weight excluding hydrogens is 414 g/mol. The van der Waals surface area contributed by atoms with Crippen LogP contribution in [0, 0.1) is 13.8 Å². The summed E-state index contributed by atoms with van der Waals surface area (Å²) in [6.45, 7) is 4.51. The first-order valence-electron chi connectivity index (χ1n) is 10.5. The third-order valence-electron chi connectivity index (χ3n) is 5.52. The van der Waals surface area contributed by atoms with Crippen molar-refractivity contribution in [2.45, 2.75) is 50.5 Å². The lowest BCUT2D eigenvalue weighted by Crippen LogP contribution is -2.45. The van der Waals surface area contributed by atoms with E-state index in [9.17, 15) is 18.0 Å². The molecule has 1 atom stereocenters. The lowest BCUT2D eigenvalue weighted by molar-refractivity contribution is -0.136. The van der Waals surface area contributed by atoms with Crippen LogP contribution in [0.2, 0.25) is 0 Å². The van der Waals surface area contributed by atoms with E-state index in [4.69, 9.17) is 0 Å². The van der Waals surface area contributed by atoms with Gasteiger partial charge in [0.05, 0.1) is 4.90 Å². The average Bonchev–Trinajstić information content (AvgIpc) is 2.76. The maximum atomic E-state index is 13.0. The Kier molecular flexibility index (Phi) is 7.46. The van der Waals surface area contributed by atoms with Gasteiger partial charge in [-0.15, -0.1) is 0 Å². The van der Waals surface area contributed by atoms with E-state index in [-0.39, 0.29) is 17.5 Å². The molecule has 3 rings (SSSR count). The number of aryl methyl sites for hydroxylation is 2. The first-order valence-corrected chi connectivity index (χ1v) is 12.0. The summed E-state index contributed by atoms with van der Waals surface area (Å²) in [6.07, 6.45) is 2.94. The highest BCUT2D eigenvalue weighted by atomic mass is 32.2. The summed E-state index contributed by atoms with van der Waals surface area (Å²) in [6, 6.07) is 13.8. The van der Waals surface area contributed by atoms with Crippen LogP contribution in [0.4, 0.5) is 5.69 Å². The van der Waals surface area contributed by atoms with Crippen molar-refractivity contribution < 1.29 is 18.0 Å². The van der Waals surface area contributed by atoms with E-state index in [2.05, 4.69) is 10.6 Å². The summed E-state index contributed by atoms with van der Waals surface area (Å²) in [4.78, 5) is 24.7. The smallest absolute Gasteiger partial charge is 0.313 e. The van der Waals surface area contributed by atoms with Gasteiger partial charge in [-0.3, -0.25) is 9.59 Å². The van der Waals surface area contributed by atoms with Gasteiger partial charge in [0.25, 0.3) is 0 Å². The zero-order chi connectivity index (χ0) is 22.4. The summed E-state index contributed by atoms with van der Waals surface area (Å²) in [5.74, 6) is -1.46. The predicted octanol–water partition coefficient (Wildman–Crippen LogP) is 2.99. The van der Waals surface area contributed by atoms with Crippen LogP contribution in [0.1, 0.15) is 36.8 Å². The lowest BCUT2D eigenvalue weighted by atomic mass is 10.0. The molecule has 1 heterocycles. The summed E-state index contributed by atoms with van der Waals surface area (Å²) in [7, 11) is -3.59. The molecule has 0 bridgehead atoms. The van der Waals surface area contributed by atoms with Gasteiger partial charge < -0.3 is 10.6 Å². The van der Waals surface area contributed by atoms with E-state index in [0.29, 0.717) is 18.7 Å². The molecule has 1 fully saturated rings. The van der Waals surface area contributed by atoms with Crippen molar-refractivity contribution in [3.05, 3.63) is 59.7 Å². The fraction of sp³-hybridized carbons (Fsp3) is 0.391. The van der Waals surface area contributed by atoms with Crippen LogP contribution >= 0.6 is 0 Å². The van der Waals surface area contributed by atoms with Crippen LogP contribution in [0.25, 0.3) is 0 Å². The van der Waals surface area contributed by atoms with Crippen molar-refractivity contribution in [3.63, 3.8) is 0 Å². The molecule has 2 amide bonds. The molecule has 1 aliphatic heterocycles. The minimum absolute atomic E-state index is 0.207. The van der Waals surface area contributed by atoms with Crippen LogP contribution in [-0.2, 0) is 19.6 Å².